The second-order valence-electron chi connectivity index (χ2n) is 4.86. The molecule has 0 saturated heterocycles. The van der Waals surface area contributed by atoms with Crippen LogP contribution in [0.1, 0.15) is 11.1 Å². The number of β-amino-alcohol motifs (C(OH)–C–C–N with tert-alkyl or cyclic N) is 1. The van der Waals surface area contributed by atoms with Gasteiger partial charge in [0.15, 0.2) is 0 Å². The number of hydrogen-bond acceptors (Lipinski definition) is 6. The molecule has 2 N–H and O–H groups in total. The van der Waals surface area contributed by atoms with E-state index in [1.165, 1.54) is 6.07 Å². The number of benzene rings is 1. The predicted molar refractivity (Wildman–Crippen MR) is 78.1 cm³/mol. The number of nitrogens with one attached hydrogen (secondary N) is 1. The number of hydrogen-bond donors (Lipinski definition) is 2. The minimum atomic E-state index is -0.565. The van der Waals surface area contributed by atoms with Gasteiger partial charge in [0.1, 0.15) is 5.70 Å². The Kier molecular flexibility index (Phi) is 4.22. The summed E-state index contributed by atoms with van der Waals surface area (Å²) in [4.78, 5) is 35.2. The minimum absolute atomic E-state index is 0.0325. The Bertz CT molecular complexity index is 696. The van der Waals surface area contributed by atoms with Crippen LogP contribution in [0.2, 0.25) is 0 Å². The number of imide groups is 1. The summed E-state index contributed by atoms with van der Waals surface area (Å²) in [5.74, 6) is -1.09. The molecule has 2 rings (SSSR count). The molecule has 1 aliphatic rings. The van der Waals surface area contributed by atoms with Crippen molar-refractivity contribution in [1.82, 2.24) is 4.90 Å². The van der Waals surface area contributed by atoms with Gasteiger partial charge in [-0.3, -0.25) is 24.6 Å². The van der Waals surface area contributed by atoms with Crippen molar-refractivity contribution in [2.75, 3.05) is 18.5 Å². The number of nitro groups is 1. The lowest BCUT2D eigenvalue weighted by molar-refractivity contribution is -0.385. The van der Waals surface area contributed by atoms with Crippen molar-refractivity contribution in [3.8, 4) is 0 Å². The van der Waals surface area contributed by atoms with Crippen molar-refractivity contribution in [2.24, 2.45) is 0 Å². The zero-order chi connectivity index (χ0) is 16.4. The van der Waals surface area contributed by atoms with Crippen LogP contribution in [0.4, 0.5) is 11.4 Å². The molecular weight excluding hydrogens is 290 g/mol. The van der Waals surface area contributed by atoms with Crippen molar-refractivity contribution >= 4 is 23.2 Å². The maximum atomic E-state index is 12.1. The Morgan fingerprint density at radius 1 is 1.32 bits per heavy atom. The lowest BCUT2D eigenvalue weighted by Gasteiger charge is -2.15. The molecule has 0 bridgehead atoms. The fourth-order valence-corrected chi connectivity index (χ4v) is 2.27. The normalized spacial score (nSPS) is 14.3. The van der Waals surface area contributed by atoms with E-state index in [0.29, 0.717) is 16.8 Å². The summed E-state index contributed by atoms with van der Waals surface area (Å²) in [6.45, 7) is 2.90. The summed E-state index contributed by atoms with van der Waals surface area (Å²) >= 11 is 0. The number of aryl methyl sites for hydroxylation is 1. The number of aliphatic hydroxyl groups excluding tert-OH is 1. The van der Waals surface area contributed by atoms with Gasteiger partial charge in [-0.2, -0.15) is 0 Å². The van der Waals surface area contributed by atoms with Gasteiger partial charge in [-0.1, -0.05) is 6.07 Å². The molecule has 8 nitrogen and oxygen atoms in total. The van der Waals surface area contributed by atoms with Crippen molar-refractivity contribution < 1.29 is 19.6 Å². The molecule has 8 heteroatoms. The third-order valence-electron chi connectivity index (χ3n) is 3.43. The van der Waals surface area contributed by atoms with Crippen LogP contribution in [-0.4, -0.2) is 39.9 Å². The highest BCUT2D eigenvalue weighted by Crippen LogP contribution is 2.30. The second kappa shape index (κ2) is 5.94. The van der Waals surface area contributed by atoms with Crippen LogP contribution in [0, 0.1) is 24.0 Å². The molecule has 22 heavy (non-hydrogen) atoms. The highest BCUT2D eigenvalue weighted by atomic mass is 16.6. The molecule has 0 saturated carbocycles. The molecule has 2 amide bonds. The van der Waals surface area contributed by atoms with Crippen LogP contribution >= 0.6 is 0 Å². The number of nitrogens with zero attached hydrogens (tertiary/aromatic N) is 2. The molecule has 0 unspecified atom stereocenters. The number of aliphatic hydroxyl groups is 1. The molecule has 1 heterocycles. The number of anilines is 1. The van der Waals surface area contributed by atoms with Gasteiger partial charge >= 0.3 is 0 Å². The van der Waals surface area contributed by atoms with Crippen LogP contribution in [-0.2, 0) is 9.59 Å². The Hall–Kier alpha value is -2.74. The average molecular weight is 305 g/mol. The molecule has 1 aromatic rings. The quantitative estimate of drug-likeness (QED) is 0.474. The number of amides is 2. The number of nitro benzene ring substituents is 1. The van der Waals surface area contributed by atoms with E-state index in [9.17, 15) is 19.7 Å². The predicted octanol–water partition coefficient (Wildman–Crippen LogP) is 0.869. The van der Waals surface area contributed by atoms with Gasteiger partial charge < -0.3 is 10.4 Å². The van der Waals surface area contributed by atoms with Crippen LogP contribution < -0.4 is 5.32 Å². The van der Waals surface area contributed by atoms with Gasteiger partial charge in [-0.05, 0) is 19.4 Å². The summed E-state index contributed by atoms with van der Waals surface area (Å²) in [7, 11) is 0. The fraction of sp³-hybridized carbons (Fsp3) is 0.286. The van der Waals surface area contributed by atoms with E-state index in [1.54, 1.807) is 19.9 Å². The first-order chi connectivity index (χ1) is 10.4. The maximum Gasteiger partial charge on any atom is 0.277 e. The van der Waals surface area contributed by atoms with E-state index in [2.05, 4.69) is 5.32 Å². The molecule has 0 radical (unpaired) electrons. The van der Waals surface area contributed by atoms with Crippen molar-refractivity contribution in [3.63, 3.8) is 0 Å². The van der Waals surface area contributed by atoms with Gasteiger partial charge in [0.25, 0.3) is 17.5 Å². The van der Waals surface area contributed by atoms with Crippen LogP contribution in [0.3, 0.4) is 0 Å². The first kappa shape index (κ1) is 15.6. The lowest BCUT2D eigenvalue weighted by atomic mass is 10.1. The molecule has 0 aromatic heterocycles. The minimum Gasteiger partial charge on any atom is -0.395 e. The number of rotatable bonds is 5. The monoisotopic (exact) mass is 305 g/mol. The van der Waals surface area contributed by atoms with Crippen LogP contribution in [0.25, 0.3) is 0 Å². The second-order valence-corrected chi connectivity index (χ2v) is 4.86. The zero-order valence-electron chi connectivity index (χ0n) is 12.1. The fourth-order valence-electron chi connectivity index (χ4n) is 2.27. The van der Waals surface area contributed by atoms with E-state index < -0.39 is 16.7 Å². The molecule has 0 spiro atoms. The average Bonchev–Trinajstić information content (AvgIpc) is 2.71. The smallest absolute Gasteiger partial charge is 0.277 e. The Morgan fingerprint density at radius 3 is 2.59 bits per heavy atom. The molecule has 116 valence electrons. The summed E-state index contributed by atoms with van der Waals surface area (Å²) < 4.78 is 0. The highest BCUT2D eigenvalue weighted by Gasteiger charge is 2.31. The van der Waals surface area contributed by atoms with E-state index in [1.807, 2.05) is 0 Å². The third-order valence-corrected chi connectivity index (χ3v) is 3.43. The standard InChI is InChI=1S/C14H15N3O5/c1-8-3-4-11(17(21)22)9(2)13(8)15-10-7-12(19)16(5-6-18)14(10)20/h3-4,7,15,18H,5-6H2,1-2H3. The van der Waals surface area contributed by atoms with Crippen molar-refractivity contribution in [2.45, 2.75) is 13.8 Å². The molecule has 0 fully saturated rings. The highest BCUT2D eigenvalue weighted by molar-refractivity contribution is 6.17. The summed E-state index contributed by atoms with van der Waals surface area (Å²) in [5, 5.41) is 22.6. The van der Waals surface area contributed by atoms with Gasteiger partial charge in [-0.15, -0.1) is 0 Å². The van der Waals surface area contributed by atoms with Gasteiger partial charge in [-0.25, -0.2) is 0 Å². The maximum absolute atomic E-state index is 12.1. The van der Waals surface area contributed by atoms with E-state index in [4.69, 9.17) is 5.11 Å². The third kappa shape index (κ3) is 2.68. The van der Waals surface area contributed by atoms with Crippen molar-refractivity contribution in [1.29, 1.82) is 0 Å². The van der Waals surface area contributed by atoms with Crippen LogP contribution in [0.5, 0.6) is 0 Å². The molecule has 0 atom stereocenters. The number of carbonyl (C=O) groups excluding carboxylic acids is 2. The van der Waals surface area contributed by atoms with E-state index in [0.717, 1.165) is 11.0 Å². The lowest BCUT2D eigenvalue weighted by Crippen LogP contribution is -2.34. The SMILES string of the molecule is Cc1ccc([N+](=O)[O-])c(C)c1NC1=CC(=O)N(CCO)C1=O. The Labute approximate surface area is 126 Å². The first-order valence-corrected chi connectivity index (χ1v) is 6.56. The molecule has 1 aromatic carbocycles. The van der Waals surface area contributed by atoms with Gasteiger partial charge in [0.05, 0.1) is 29.3 Å². The zero-order valence-corrected chi connectivity index (χ0v) is 12.1. The van der Waals surface area contributed by atoms with Crippen molar-refractivity contribution in [3.05, 3.63) is 45.1 Å². The molecular formula is C14H15N3O5. The van der Waals surface area contributed by atoms with E-state index in [-0.39, 0.29) is 24.5 Å². The molecule has 0 aliphatic carbocycles. The topological polar surface area (TPSA) is 113 Å². The Balaban J connectivity index is 2.34. The molecule has 1 aliphatic heterocycles. The summed E-state index contributed by atoms with van der Waals surface area (Å²) in [6, 6.07) is 2.96. The van der Waals surface area contributed by atoms with Gasteiger partial charge in [0.2, 0.25) is 0 Å². The van der Waals surface area contributed by atoms with E-state index >= 15 is 0 Å². The summed E-state index contributed by atoms with van der Waals surface area (Å²) in [5.41, 5.74) is 1.48. The van der Waals surface area contributed by atoms with Crippen LogP contribution in [0.15, 0.2) is 23.9 Å². The Morgan fingerprint density at radius 2 is 2.00 bits per heavy atom. The van der Waals surface area contributed by atoms with Gasteiger partial charge in [0, 0.05) is 12.1 Å². The first-order valence-electron chi connectivity index (χ1n) is 6.56. The summed E-state index contributed by atoms with van der Waals surface area (Å²) in [6.07, 6.45) is 1.12. The largest absolute Gasteiger partial charge is 0.395 e. The number of carbonyl (C=O) groups is 2.